The predicted molar refractivity (Wildman–Crippen MR) is 89.6 cm³/mol. The largest absolute Gasteiger partial charge is 0.466 e. The van der Waals surface area contributed by atoms with E-state index >= 15 is 0 Å². The molecule has 0 radical (unpaired) electrons. The average Bonchev–Trinajstić information content (AvgIpc) is 2.38. The molecule has 0 saturated carbocycles. The second-order valence-corrected chi connectivity index (χ2v) is 9.83. The Morgan fingerprint density at radius 3 is 2.38 bits per heavy atom. The van der Waals surface area contributed by atoms with Crippen molar-refractivity contribution in [1.82, 2.24) is 0 Å². The van der Waals surface area contributed by atoms with E-state index < -0.39 is 8.32 Å². The van der Waals surface area contributed by atoms with Crippen LogP contribution in [0, 0.1) is 0 Å². The van der Waals surface area contributed by atoms with Gasteiger partial charge in [0.15, 0.2) is 0 Å². The zero-order valence-electron chi connectivity index (χ0n) is 13.6. The molecule has 1 rings (SSSR count). The number of esters is 1. The number of ether oxygens (including phenoxy) is 1. The van der Waals surface area contributed by atoms with Gasteiger partial charge >= 0.3 is 5.97 Å². The van der Waals surface area contributed by atoms with Crippen LogP contribution in [0.3, 0.4) is 0 Å². The van der Waals surface area contributed by atoms with E-state index in [-0.39, 0.29) is 17.6 Å². The summed E-state index contributed by atoms with van der Waals surface area (Å²) in [5.41, 5.74) is 0.765. The minimum absolute atomic E-state index is 0.105. The van der Waals surface area contributed by atoms with Gasteiger partial charge in [0.05, 0.1) is 12.1 Å². The molecule has 1 atom stereocenters. The summed E-state index contributed by atoms with van der Waals surface area (Å²) in [4.78, 5) is 12.3. The molecule has 1 unspecified atom stereocenters. The smallest absolute Gasteiger partial charge is 0.312 e. The van der Waals surface area contributed by atoms with Crippen LogP contribution in [0.1, 0.15) is 26.3 Å². The van der Waals surface area contributed by atoms with Crippen LogP contribution in [-0.4, -0.2) is 27.0 Å². The number of carbonyl (C=O) groups is 1. The van der Waals surface area contributed by atoms with E-state index in [4.69, 9.17) is 9.16 Å². The summed E-state index contributed by atoms with van der Waals surface area (Å²) in [7, 11) is -2.21. The molecule has 0 saturated heterocycles. The van der Waals surface area contributed by atoms with E-state index in [2.05, 4.69) is 13.1 Å². The zero-order chi connectivity index (χ0) is 15.9. The summed E-state index contributed by atoms with van der Waals surface area (Å²) >= 11 is 0. The van der Waals surface area contributed by atoms with Crippen molar-refractivity contribution >= 4 is 20.4 Å². The van der Waals surface area contributed by atoms with Crippen LogP contribution < -0.4 is 0 Å². The number of rotatable bonds is 7. The summed E-state index contributed by atoms with van der Waals surface area (Å²) in [5, 5.41) is 0. The van der Waals surface area contributed by atoms with Crippen LogP contribution in [0.25, 0.3) is 6.08 Å². The molecule has 0 aliphatic heterocycles. The molecule has 0 aliphatic carbocycles. The highest BCUT2D eigenvalue weighted by Crippen LogP contribution is 2.28. The fraction of sp³-hybridized carbons (Fsp3) is 0.471. The van der Waals surface area contributed by atoms with Crippen LogP contribution >= 0.6 is 0 Å². The predicted octanol–water partition coefficient (Wildman–Crippen LogP) is 4.26. The Morgan fingerprint density at radius 2 is 1.86 bits per heavy atom. The lowest BCUT2D eigenvalue weighted by molar-refractivity contribution is -0.142. The van der Waals surface area contributed by atoms with Gasteiger partial charge in [-0.3, -0.25) is 4.79 Å². The monoisotopic (exact) mass is 306 g/mol. The third kappa shape index (κ3) is 5.85. The van der Waals surface area contributed by atoms with Crippen molar-refractivity contribution in [3.63, 3.8) is 0 Å². The van der Waals surface area contributed by atoms with Gasteiger partial charge in [-0.05, 0) is 39.4 Å². The Hall–Kier alpha value is -1.39. The van der Waals surface area contributed by atoms with Gasteiger partial charge in [-0.15, -0.1) is 0 Å². The van der Waals surface area contributed by atoms with Gasteiger partial charge in [-0.2, -0.15) is 0 Å². The molecular weight excluding hydrogens is 280 g/mol. The van der Waals surface area contributed by atoms with Crippen molar-refractivity contribution in [2.75, 3.05) is 6.61 Å². The topological polar surface area (TPSA) is 35.5 Å². The molecule has 116 valence electrons. The molecule has 1 aromatic carbocycles. The Balaban J connectivity index is 2.97. The number of benzene rings is 1. The summed E-state index contributed by atoms with van der Waals surface area (Å²) in [6.45, 7) is 10.3. The standard InChI is InChI=1S/C17H26O3Si/c1-6-19-17(18)16(21(4,5)20-14(2)3)13-12-15-10-8-7-9-11-15/h7-14,16H,6H2,1-5H3/b13-12+. The van der Waals surface area contributed by atoms with Gasteiger partial charge < -0.3 is 9.16 Å². The maximum absolute atomic E-state index is 12.3. The van der Waals surface area contributed by atoms with Gasteiger partial charge in [-0.1, -0.05) is 42.5 Å². The molecule has 1 aromatic rings. The first-order valence-electron chi connectivity index (χ1n) is 7.44. The highest BCUT2D eigenvalue weighted by molar-refractivity contribution is 6.76. The Labute approximate surface area is 129 Å². The van der Waals surface area contributed by atoms with E-state index in [1.54, 1.807) is 0 Å². The maximum atomic E-state index is 12.3. The highest BCUT2D eigenvalue weighted by atomic mass is 28.4. The fourth-order valence-electron chi connectivity index (χ4n) is 2.28. The first-order chi connectivity index (χ1) is 9.86. The molecule has 0 fully saturated rings. The Kier molecular flexibility index (Phi) is 6.85. The molecule has 0 heterocycles. The molecule has 0 aliphatic rings. The van der Waals surface area contributed by atoms with Crippen molar-refractivity contribution < 1.29 is 14.0 Å². The van der Waals surface area contributed by atoms with Gasteiger partial charge in [0.25, 0.3) is 0 Å². The fourth-order valence-corrected chi connectivity index (χ4v) is 4.85. The second kappa shape index (κ2) is 8.15. The van der Waals surface area contributed by atoms with Gasteiger partial charge in [0.2, 0.25) is 8.32 Å². The number of hydrogen-bond donors (Lipinski definition) is 0. The SMILES string of the molecule is CCOC(=O)C(/C=C/c1ccccc1)[Si](C)(C)OC(C)C. The lowest BCUT2D eigenvalue weighted by atomic mass is 10.2. The molecule has 0 aromatic heterocycles. The summed E-state index contributed by atoms with van der Waals surface area (Å²) in [5.74, 6) is -0.193. The summed E-state index contributed by atoms with van der Waals surface area (Å²) < 4.78 is 11.3. The van der Waals surface area contributed by atoms with Gasteiger partial charge in [-0.25, -0.2) is 0 Å². The second-order valence-electron chi connectivity index (χ2n) is 5.77. The molecule has 0 bridgehead atoms. The number of hydrogen-bond acceptors (Lipinski definition) is 3. The van der Waals surface area contributed by atoms with E-state index in [1.807, 2.05) is 63.3 Å². The molecule has 0 amide bonds. The van der Waals surface area contributed by atoms with Crippen LogP contribution in [0.4, 0.5) is 0 Å². The van der Waals surface area contributed by atoms with Crippen LogP contribution in [0.15, 0.2) is 36.4 Å². The first-order valence-corrected chi connectivity index (χ1v) is 10.4. The van der Waals surface area contributed by atoms with Crippen LogP contribution in [0.2, 0.25) is 18.6 Å². The van der Waals surface area contributed by atoms with Crippen LogP contribution in [0.5, 0.6) is 0 Å². The normalized spacial score (nSPS) is 13.6. The minimum atomic E-state index is -2.21. The molecule has 0 N–H and O–H groups in total. The minimum Gasteiger partial charge on any atom is -0.466 e. The van der Waals surface area contributed by atoms with E-state index in [9.17, 15) is 4.79 Å². The number of carbonyl (C=O) groups excluding carboxylic acids is 1. The summed E-state index contributed by atoms with van der Waals surface area (Å²) in [6, 6.07) is 9.95. The molecule has 4 heteroatoms. The molecule has 21 heavy (non-hydrogen) atoms. The molecule has 0 spiro atoms. The highest BCUT2D eigenvalue weighted by Gasteiger charge is 2.39. The van der Waals surface area contributed by atoms with E-state index in [1.165, 1.54) is 0 Å². The van der Waals surface area contributed by atoms with Crippen molar-refractivity contribution in [1.29, 1.82) is 0 Å². The van der Waals surface area contributed by atoms with Crippen LogP contribution in [-0.2, 0) is 14.0 Å². The Morgan fingerprint density at radius 1 is 1.24 bits per heavy atom. The molecule has 3 nitrogen and oxygen atoms in total. The molecular formula is C17H26O3Si. The van der Waals surface area contributed by atoms with Gasteiger partial charge in [0.1, 0.15) is 0 Å². The average molecular weight is 306 g/mol. The first kappa shape index (κ1) is 17.7. The third-order valence-electron chi connectivity index (χ3n) is 3.11. The lowest BCUT2D eigenvalue weighted by Crippen LogP contribution is -2.42. The quantitative estimate of drug-likeness (QED) is 0.557. The van der Waals surface area contributed by atoms with Crippen molar-refractivity contribution in [3.05, 3.63) is 42.0 Å². The van der Waals surface area contributed by atoms with Gasteiger partial charge in [0, 0.05) is 6.10 Å². The van der Waals surface area contributed by atoms with Crippen molar-refractivity contribution in [3.8, 4) is 0 Å². The van der Waals surface area contributed by atoms with Crippen molar-refractivity contribution in [2.45, 2.75) is 45.5 Å². The van der Waals surface area contributed by atoms with Crippen molar-refractivity contribution in [2.24, 2.45) is 0 Å². The van der Waals surface area contributed by atoms with E-state index in [0.717, 1.165) is 5.56 Å². The maximum Gasteiger partial charge on any atom is 0.312 e. The third-order valence-corrected chi connectivity index (χ3v) is 6.11. The lowest BCUT2D eigenvalue weighted by Gasteiger charge is -2.30. The Bertz CT molecular complexity index is 466. The summed E-state index contributed by atoms with van der Waals surface area (Å²) in [6.07, 6.45) is 4.01. The van der Waals surface area contributed by atoms with E-state index in [0.29, 0.717) is 6.61 Å². The zero-order valence-corrected chi connectivity index (χ0v) is 14.6.